The highest BCUT2D eigenvalue weighted by Gasteiger charge is 2.50. The molecular formula is C30H33N7O3S. The number of rotatable bonds is 4. The third kappa shape index (κ3) is 5.29. The Bertz CT molecular complexity index is 1650. The van der Waals surface area contributed by atoms with Crippen molar-refractivity contribution in [2.45, 2.75) is 68.1 Å². The number of hydrogen-bond donors (Lipinski definition) is 1. The van der Waals surface area contributed by atoms with Gasteiger partial charge in [0.1, 0.15) is 5.60 Å². The third-order valence-electron chi connectivity index (χ3n) is 7.90. The summed E-state index contributed by atoms with van der Waals surface area (Å²) in [4.78, 5) is 30.8. The fraction of sp³-hybridized carbons (Fsp3) is 0.433. The van der Waals surface area contributed by atoms with Crippen molar-refractivity contribution in [3.05, 3.63) is 54.6 Å². The van der Waals surface area contributed by atoms with Crippen molar-refractivity contribution in [2.24, 2.45) is 5.41 Å². The number of carbonyl (C=O) groups is 1. The number of ether oxygens (including phenoxy) is 2. The van der Waals surface area contributed by atoms with Gasteiger partial charge in [-0.05, 0) is 64.8 Å². The van der Waals surface area contributed by atoms with Crippen molar-refractivity contribution in [2.75, 3.05) is 24.6 Å². The van der Waals surface area contributed by atoms with E-state index in [-0.39, 0.29) is 17.6 Å². The first kappa shape index (κ1) is 27.3. The van der Waals surface area contributed by atoms with E-state index in [4.69, 9.17) is 14.5 Å². The summed E-state index contributed by atoms with van der Waals surface area (Å²) in [7, 11) is 0. The molecule has 1 amide bonds. The fourth-order valence-corrected chi connectivity index (χ4v) is 6.87. The van der Waals surface area contributed by atoms with Gasteiger partial charge in [-0.25, -0.2) is 14.8 Å². The van der Waals surface area contributed by atoms with Crippen LogP contribution in [0.15, 0.2) is 58.8 Å². The molecule has 0 bridgehead atoms. The highest BCUT2D eigenvalue weighted by Crippen LogP contribution is 2.43. The second-order valence-electron chi connectivity index (χ2n) is 11.8. The third-order valence-corrected chi connectivity index (χ3v) is 8.99. The fourth-order valence-electron chi connectivity index (χ4n) is 5.88. The van der Waals surface area contributed by atoms with Crippen LogP contribution < -0.4 is 10.2 Å². The molecule has 41 heavy (non-hydrogen) atoms. The number of pyridine rings is 1. The predicted octanol–water partition coefficient (Wildman–Crippen LogP) is 5.20. The number of hydrogen-bond acceptors (Lipinski definition) is 9. The van der Waals surface area contributed by atoms with E-state index in [1.54, 1.807) is 30.2 Å². The number of nitrogens with zero attached hydrogens (tertiary/aromatic N) is 6. The zero-order valence-corrected chi connectivity index (χ0v) is 24.4. The summed E-state index contributed by atoms with van der Waals surface area (Å²) in [6, 6.07) is 9.58. The second kappa shape index (κ2) is 10.5. The highest BCUT2D eigenvalue weighted by atomic mass is 32.2. The molecule has 4 aromatic rings. The van der Waals surface area contributed by atoms with Gasteiger partial charge in [0, 0.05) is 53.6 Å². The maximum Gasteiger partial charge on any atom is 0.407 e. The second-order valence-corrected chi connectivity index (χ2v) is 12.9. The molecule has 2 aliphatic heterocycles. The van der Waals surface area contributed by atoms with Crippen LogP contribution in [-0.2, 0) is 9.47 Å². The van der Waals surface area contributed by atoms with Crippen LogP contribution in [0.2, 0.25) is 0 Å². The Balaban J connectivity index is 1.21. The summed E-state index contributed by atoms with van der Waals surface area (Å²) >= 11 is 1.57. The predicted molar refractivity (Wildman–Crippen MR) is 156 cm³/mol. The van der Waals surface area contributed by atoms with E-state index >= 15 is 0 Å². The smallest absolute Gasteiger partial charge is 0.407 e. The molecule has 2 atom stereocenters. The Kier molecular flexibility index (Phi) is 6.99. The lowest BCUT2D eigenvalue weighted by Gasteiger charge is -2.43. The molecule has 0 radical (unpaired) electrons. The molecule has 0 unspecified atom stereocenters. The van der Waals surface area contributed by atoms with Crippen molar-refractivity contribution in [1.82, 2.24) is 24.7 Å². The lowest BCUT2D eigenvalue weighted by atomic mass is 9.73. The zero-order chi connectivity index (χ0) is 28.8. The van der Waals surface area contributed by atoms with Crippen LogP contribution in [0.5, 0.6) is 0 Å². The minimum atomic E-state index is -0.556. The molecular weight excluding hydrogens is 538 g/mol. The van der Waals surface area contributed by atoms with Gasteiger partial charge in [-0.1, -0.05) is 11.8 Å². The number of alkyl carbamates (subject to hydrolysis) is 1. The minimum absolute atomic E-state index is 0.0858. The molecule has 10 nitrogen and oxygen atoms in total. The summed E-state index contributed by atoms with van der Waals surface area (Å²) in [5.41, 5.74) is 1.55. The van der Waals surface area contributed by atoms with Crippen LogP contribution in [0.25, 0.3) is 16.6 Å². The lowest BCUT2D eigenvalue weighted by molar-refractivity contribution is 0.0434. The van der Waals surface area contributed by atoms with E-state index in [1.165, 1.54) is 0 Å². The molecule has 0 aliphatic carbocycles. The SMILES string of the molecule is C[C@@H]1OCC2(CCN(c3ncc(Sc4ccnc5ccc(C#N)cc45)c4nccn34)CC2)[C@@H]1NC(=O)OC(C)(C)C. The molecule has 6 rings (SSSR count). The summed E-state index contributed by atoms with van der Waals surface area (Å²) in [6.45, 7) is 9.79. The number of piperidine rings is 1. The number of nitriles is 1. The molecule has 0 saturated carbocycles. The van der Waals surface area contributed by atoms with Crippen LogP contribution in [0.1, 0.15) is 46.1 Å². The maximum absolute atomic E-state index is 12.6. The molecule has 1 aromatic carbocycles. The Morgan fingerprint density at radius 1 is 1.17 bits per heavy atom. The average molecular weight is 572 g/mol. The Morgan fingerprint density at radius 3 is 2.73 bits per heavy atom. The van der Waals surface area contributed by atoms with E-state index in [0.717, 1.165) is 58.2 Å². The average Bonchev–Trinajstić information content (AvgIpc) is 3.55. The van der Waals surface area contributed by atoms with Crippen molar-refractivity contribution < 1.29 is 14.3 Å². The Labute approximate surface area is 243 Å². The first-order valence-electron chi connectivity index (χ1n) is 13.8. The van der Waals surface area contributed by atoms with Crippen molar-refractivity contribution in [3.8, 4) is 6.07 Å². The largest absolute Gasteiger partial charge is 0.444 e. The van der Waals surface area contributed by atoms with E-state index in [2.05, 4.69) is 26.3 Å². The highest BCUT2D eigenvalue weighted by molar-refractivity contribution is 7.99. The lowest BCUT2D eigenvalue weighted by Crippen LogP contribution is -2.55. The van der Waals surface area contributed by atoms with E-state index in [0.29, 0.717) is 12.2 Å². The first-order chi connectivity index (χ1) is 19.7. The monoisotopic (exact) mass is 571 g/mol. The Morgan fingerprint density at radius 2 is 1.98 bits per heavy atom. The van der Waals surface area contributed by atoms with Crippen molar-refractivity contribution >= 4 is 40.4 Å². The van der Waals surface area contributed by atoms with Gasteiger partial charge < -0.3 is 19.7 Å². The molecule has 2 fully saturated rings. The van der Waals surface area contributed by atoms with E-state index in [1.807, 2.05) is 62.7 Å². The summed E-state index contributed by atoms with van der Waals surface area (Å²) in [6.07, 6.45) is 8.62. The van der Waals surface area contributed by atoms with Gasteiger partial charge in [0.2, 0.25) is 5.95 Å². The topological polar surface area (TPSA) is 118 Å². The molecule has 2 saturated heterocycles. The van der Waals surface area contributed by atoms with Gasteiger partial charge in [-0.2, -0.15) is 5.26 Å². The van der Waals surface area contributed by atoms with Gasteiger partial charge in [0.15, 0.2) is 5.65 Å². The summed E-state index contributed by atoms with van der Waals surface area (Å²) in [5, 5.41) is 13.4. The molecule has 3 aromatic heterocycles. The number of nitrogens with one attached hydrogen (secondary N) is 1. The number of amides is 1. The molecule has 5 heterocycles. The van der Waals surface area contributed by atoms with Gasteiger partial charge >= 0.3 is 6.09 Å². The quantitative estimate of drug-likeness (QED) is 0.353. The van der Waals surface area contributed by atoms with Crippen molar-refractivity contribution in [1.29, 1.82) is 5.26 Å². The molecule has 1 spiro atoms. The van der Waals surface area contributed by atoms with E-state index < -0.39 is 11.7 Å². The number of benzene rings is 1. The summed E-state index contributed by atoms with van der Waals surface area (Å²) < 4.78 is 13.6. The maximum atomic E-state index is 12.6. The normalized spacial score (nSPS) is 20.4. The van der Waals surface area contributed by atoms with Gasteiger partial charge in [0.05, 0.1) is 40.8 Å². The van der Waals surface area contributed by atoms with Crippen LogP contribution in [-0.4, -0.2) is 62.9 Å². The number of carbonyl (C=O) groups excluding carboxylic acids is 1. The van der Waals surface area contributed by atoms with E-state index in [9.17, 15) is 10.1 Å². The first-order valence-corrected chi connectivity index (χ1v) is 14.6. The summed E-state index contributed by atoms with van der Waals surface area (Å²) in [5.74, 6) is 0.840. The van der Waals surface area contributed by atoms with Crippen LogP contribution in [0.4, 0.5) is 10.7 Å². The number of aromatic nitrogens is 4. The van der Waals surface area contributed by atoms with Crippen LogP contribution in [0.3, 0.4) is 0 Å². The standard InChI is InChI=1S/C30H33N7O3S/c1-19-25(35-28(38)40-29(2,3)4)30(18-39-19)8-12-36(13-9-30)27-34-17-24(26-33-11-14-37(26)27)41-23-7-10-32-22-6-5-20(16-31)15-21(22)23/h5-7,10-11,14-15,17,19,25H,8-9,12-13,18H2,1-4H3,(H,35,38)/t19-,25+/m0/s1. The Hall–Kier alpha value is -3.88. The number of imidazole rings is 1. The van der Waals surface area contributed by atoms with Crippen LogP contribution >= 0.6 is 11.8 Å². The van der Waals surface area contributed by atoms with Crippen LogP contribution in [0, 0.1) is 16.7 Å². The van der Waals surface area contributed by atoms with Gasteiger partial charge in [0.25, 0.3) is 0 Å². The minimum Gasteiger partial charge on any atom is -0.444 e. The zero-order valence-electron chi connectivity index (χ0n) is 23.6. The number of anilines is 1. The van der Waals surface area contributed by atoms with Gasteiger partial charge in [-0.15, -0.1) is 0 Å². The molecule has 2 aliphatic rings. The molecule has 11 heteroatoms. The van der Waals surface area contributed by atoms with Gasteiger partial charge in [-0.3, -0.25) is 9.38 Å². The number of fused-ring (bicyclic) bond motifs is 2. The molecule has 1 N–H and O–H groups in total. The molecule has 212 valence electrons. The van der Waals surface area contributed by atoms with Crippen molar-refractivity contribution in [3.63, 3.8) is 0 Å².